The average molecular weight is 535 g/mol. The Morgan fingerprint density at radius 3 is 2.66 bits per heavy atom. The lowest BCUT2D eigenvalue weighted by Crippen LogP contribution is -2.40. The lowest BCUT2D eigenvalue weighted by Gasteiger charge is -2.30. The maximum Gasteiger partial charge on any atom is 0.241 e. The molecule has 2 aromatic carbocycles. The van der Waals surface area contributed by atoms with Crippen LogP contribution >= 0.6 is 15.9 Å². The van der Waals surface area contributed by atoms with Crippen molar-refractivity contribution in [1.82, 2.24) is 29.9 Å². The number of likely N-dealkylation sites (tertiary alicyclic amines) is 1. The van der Waals surface area contributed by atoms with Gasteiger partial charge in [0.1, 0.15) is 0 Å². The molecule has 9 heteroatoms. The summed E-state index contributed by atoms with van der Waals surface area (Å²) in [4.78, 5) is 23.7. The normalized spacial score (nSPS) is 14.8. The van der Waals surface area contributed by atoms with Crippen molar-refractivity contribution in [3.05, 3.63) is 88.7 Å². The van der Waals surface area contributed by atoms with Crippen LogP contribution in [0.1, 0.15) is 29.9 Å². The van der Waals surface area contributed by atoms with Crippen molar-refractivity contribution >= 4 is 21.8 Å². The van der Waals surface area contributed by atoms with E-state index in [1.807, 2.05) is 47.2 Å². The van der Waals surface area contributed by atoms with E-state index in [1.54, 1.807) is 12.5 Å². The molecule has 1 aliphatic heterocycles. The predicted octanol–water partition coefficient (Wildman–Crippen LogP) is 4.27. The number of benzene rings is 2. The molecule has 180 valence electrons. The van der Waals surface area contributed by atoms with Crippen molar-refractivity contribution in [1.29, 1.82) is 0 Å². The molecule has 0 aliphatic carbocycles. The highest BCUT2D eigenvalue weighted by atomic mass is 79.9. The standard InChI is InChI=1S/C26H27BrN6O2/c27-23-6-4-21(5-7-23)25-30-24(35-31-25)17-32-11-8-22(9-12-32)26(34)29-15-19-2-1-3-20(14-19)16-33-13-10-28-18-33/h1-7,10,13-14,18,22H,8-9,11-12,15-17H2,(H,29,34). The second kappa shape index (κ2) is 11.0. The zero-order valence-corrected chi connectivity index (χ0v) is 20.9. The van der Waals surface area contributed by atoms with E-state index < -0.39 is 0 Å². The summed E-state index contributed by atoms with van der Waals surface area (Å²) in [7, 11) is 0. The summed E-state index contributed by atoms with van der Waals surface area (Å²) in [5.41, 5.74) is 3.21. The van der Waals surface area contributed by atoms with Gasteiger partial charge in [-0.3, -0.25) is 9.69 Å². The van der Waals surface area contributed by atoms with E-state index in [4.69, 9.17) is 4.52 Å². The fourth-order valence-corrected chi connectivity index (χ4v) is 4.61. The van der Waals surface area contributed by atoms with Gasteiger partial charge < -0.3 is 14.4 Å². The molecular formula is C26H27BrN6O2. The number of hydrogen-bond acceptors (Lipinski definition) is 6. The second-order valence-corrected chi connectivity index (χ2v) is 9.76. The molecule has 1 aliphatic rings. The van der Waals surface area contributed by atoms with Crippen LogP contribution in [0.2, 0.25) is 0 Å². The first-order chi connectivity index (χ1) is 17.1. The summed E-state index contributed by atoms with van der Waals surface area (Å²) >= 11 is 3.44. The van der Waals surface area contributed by atoms with Crippen LogP contribution in [0.15, 0.2) is 76.2 Å². The monoisotopic (exact) mass is 534 g/mol. The smallest absolute Gasteiger partial charge is 0.241 e. The molecule has 0 atom stereocenters. The molecule has 0 unspecified atom stereocenters. The third-order valence-corrected chi connectivity index (χ3v) is 6.80. The fourth-order valence-electron chi connectivity index (χ4n) is 4.34. The fraction of sp³-hybridized carbons (Fsp3) is 0.308. The maximum atomic E-state index is 12.8. The minimum Gasteiger partial charge on any atom is -0.352 e. The number of rotatable bonds is 8. The van der Waals surface area contributed by atoms with Gasteiger partial charge in [-0.2, -0.15) is 4.98 Å². The Hall–Kier alpha value is -3.30. The van der Waals surface area contributed by atoms with Crippen LogP contribution < -0.4 is 5.32 Å². The zero-order chi connectivity index (χ0) is 24.0. The summed E-state index contributed by atoms with van der Waals surface area (Å²) in [6.45, 7) is 3.56. The Labute approximate surface area is 212 Å². The first kappa shape index (κ1) is 23.4. The molecule has 0 spiro atoms. The minimum atomic E-state index is 0.0291. The van der Waals surface area contributed by atoms with E-state index in [9.17, 15) is 4.79 Å². The Morgan fingerprint density at radius 2 is 1.89 bits per heavy atom. The van der Waals surface area contributed by atoms with Crippen LogP contribution in [-0.4, -0.2) is 43.6 Å². The van der Waals surface area contributed by atoms with E-state index in [0.717, 1.165) is 48.1 Å². The number of nitrogens with one attached hydrogen (secondary N) is 1. The van der Waals surface area contributed by atoms with E-state index in [2.05, 4.69) is 53.4 Å². The van der Waals surface area contributed by atoms with Crippen LogP contribution in [0, 0.1) is 5.92 Å². The largest absolute Gasteiger partial charge is 0.352 e. The number of amides is 1. The summed E-state index contributed by atoms with van der Waals surface area (Å²) in [6.07, 6.45) is 7.17. The highest BCUT2D eigenvalue weighted by molar-refractivity contribution is 9.10. The molecule has 4 aromatic rings. The van der Waals surface area contributed by atoms with Crippen LogP contribution in [0.5, 0.6) is 0 Å². The zero-order valence-electron chi connectivity index (χ0n) is 19.3. The molecule has 2 aromatic heterocycles. The lowest BCUT2D eigenvalue weighted by molar-refractivity contribution is -0.126. The third kappa shape index (κ3) is 6.23. The van der Waals surface area contributed by atoms with E-state index in [0.29, 0.717) is 24.8 Å². The average Bonchev–Trinajstić information content (AvgIpc) is 3.56. The molecule has 1 amide bonds. The van der Waals surface area contributed by atoms with Gasteiger partial charge in [-0.15, -0.1) is 0 Å². The number of nitrogens with zero attached hydrogens (tertiary/aromatic N) is 5. The van der Waals surface area contributed by atoms with Crippen molar-refractivity contribution in [3.8, 4) is 11.4 Å². The van der Waals surface area contributed by atoms with Gasteiger partial charge in [0, 0.05) is 41.4 Å². The Morgan fingerprint density at radius 1 is 1.09 bits per heavy atom. The van der Waals surface area contributed by atoms with Gasteiger partial charge in [0.05, 0.1) is 12.9 Å². The quantitative estimate of drug-likeness (QED) is 0.363. The summed E-state index contributed by atoms with van der Waals surface area (Å²) in [5.74, 6) is 1.35. The SMILES string of the molecule is O=C(NCc1cccc(Cn2ccnc2)c1)C1CCN(Cc2nc(-c3ccc(Br)cc3)no2)CC1. The molecule has 35 heavy (non-hydrogen) atoms. The molecule has 1 fully saturated rings. The number of imidazole rings is 1. The number of carbonyl (C=O) groups is 1. The molecule has 0 radical (unpaired) electrons. The highest BCUT2D eigenvalue weighted by Crippen LogP contribution is 2.22. The summed E-state index contributed by atoms with van der Waals surface area (Å²) in [6, 6.07) is 16.1. The molecule has 8 nitrogen and oxygen atoms in total. The summed E-state index contributed by atoms with van der Waals surface area (Å²) < 4.78 is 8.50. The maximum absolute atomic E-state index is 12.8. The topological polar surface area (TPSA) is 89.1 Å². The van der Waals surface area contributed by atoms with Gasteiger partial charge in [0.25, 0.3) is 0 Å². The number of carbonyl (C=O) groups excluding carboxylic acids is 1. The van der Waals surface area contributed by atoms with Gasteiger partial charge in [0.2, 0.25) is 17.6 Å². The van der Waals surface area contributed by atoms with E-state index in [-0.39, 0.29) is 11.8 Å². The Balaban J connectivity index is 1.07. The van der Waals surface area contributed by atoms with Crippen LogP contribution in [0.3, 0.4) is 0 Å². The number of hydrogen-bond donors (Lipinski definition) is 1. The van der Waals surface area contributed by atoms with Crippen molar-refractivity contribution in [3.63, 3.8) is 0 Å². The van der Waals surface area contributed by atoms with Gasteiger partial charge in [-0.1, -0.05) is 45.4 Å². The number of piperidine rings is 1. The molecule has 3 heterocycles. The molecule has 5 rings (SSSR count). The van der Waals surface area contributed by atoms with Crippen LogP contribution in [0.4, 0.5) is 0 Å². The van der Waals surface area contributed by atoms with Gasteiger partial charge in [-0.25, -0.2) is 4.98 Å². The van der Waals surface area contributed by atoms with Crippen molar-refractivity contribution < 1.29 is 9.32 Å². The first-order valence-electron chi connectivity index (χ1n) is 11.7. The second-order valence-electron chi connectivity index (χ2n) is 8.84. The Kier molecular flexibility index (Phi) is 7.34. The highest BCUT2D eigenvalue weighted by Gasteiger charge is 2.26. The van der Waals surface area contributed by atoms with Crippen molar-refractivity contribution in [2.75, 3.05) is 13.1 Å². The van der Waals surface area contributed by atoms with Gasteiger partial charge in [-0.05, 0) is 61.3 Å². The van der Waals surface area contributed by atoms with E-state index >= 15 is 0 Å². The third-order valence-electron chi connectivity index (χ3n) is 6.27. The van der Waals surface area contributed by atoms with Gasteiger partial charge in [0.15, 0.2) is 0 Å². The number of halogens is 1. The predicted molar refractivity (Wildman–Crippen MR) is 135 cm³/mol. The molecule has 1 N–H and O–H groups in total. The van der Waals surface area contributed by atoms with Crippen LogP contribution in [-0.2, 0) is 24.4 Å². The molecular weight excluding hydrogens is 508 g/mol. The van der Waals surface area contributed by atoms with Gasteiger partial charge >= 0.3 is 0 Å². The van der Waals surface area contributed by atoms with Crippen LogP contribution in [0.25, 0.3) is 11.4 Å². The van der Waals surface area contributed by atoms with Crippen molar-refractivity contribution in [2.24, 2.45) is 5.92 Å². The Bertz CT molecular complexity index is 1250. The van der Waals surface area contributed by atoms with E-state index in [1.165, 1.54) is 5.56 Å². The molecule has 0 bridgehead atoms. The molecule has 0 saturated carbocycles. The molecule has 1 saturated heterocycles. The number of aromatic nitrogens is 4. The summed E-state index contributed by atoms with van der Waals surface area (Å²) in [5, 5.41) is 7.23. The lowest BCUT2D eigenvalue weighted by atomic mass is 9.96. The minimum absolute atomic E-state index is 0.0291. The first-order valence-corrected chi connectivity index (χ1v) is 12.5. The van der Waals surface area contributed by atoms with Crippen molar-refractivity contribution in [2.45, 2.75) is 32.5 Å².